The Kier molecular flexibility index (Phi) is 1.69. The highest BCUT2D eigenvalue weighted by molar-refractivity contribution is 5.90. The standard InChI is InChI=1S/C11H12N2/c1-8(2)10-6-4-5-9-7-12-13(3)11(9)10/h4-7H,1H2,2-3H3. The molecule has 0 N–H and O–H groups in total. The number of benzene rings is 1. The number of allylic oxidation sites excluding steroid dienone is 1. The predicted octanol–water partition coefficient (Wildman–Crippen LogP) is 2.61. The maximum Gasteiger partial charge on any atom is 0.0753 e. The van der Waals surface area contributed by atoms with Gasteiger partial charge in [-0.05, 0) is 12.5 Å². The average molecular weight is 172 g/mol. The van der Waals surface area contributed by atoms with Crippen LogP contribution in [-0.2, 0) is 7.05 Å². The SMILES string of the molecule is C=C(C)c1cccc2cnn(C)c12. The summed E-state index contributed by atoms with van der Waals surface area (Å²) >= 11 is 0. The van der Waals surface area contributed by atoms with Crippen molar-refractivity contribution in [3.63, 3.8) is 0 Å². The van der Waals surface area contributed by atoms with E-state index in [1.165, 1.54) is 10.9 Å². The normalized spacial score (nSPS) is 10.6. The molecule has 0 atom stereocenters. The van der Waals surface area contributed by atoms with E-state index in [9.17, 15) is 0 Å². The smallest absolute Gasteiger partial charge is 0.0753 e. The van der Waals surface area contributed by atoms with Crippen molar-refractivity contribution in [3.8, 4) is 0 Å². The highest BCUT2D eigenvalue weighted by atomic mass is 15.2. The maximum absolute atomic E-state index is 4.21. The molecule has 1 heterocycles. The third kappa shape index (κ3) is 1.15. The van der Waals surface area contributed by atoms with E-state index in [-0.39, 0.29) is 0 Å². The molecule has 0 aliphatic carbocycles. The minimum Gasteiger partial charge on any atom is -0.267 e. The first-order valence-electron chi connectivity index (χ1n) is 4.27. The molecule has 0 spiro atoms. The predicted molar refractivity (Wildman–Crippen MR) is 55.4 cm³/mol. The van der Waals surface area contributed by atoms with Crippen LogP contribution in [0.4, 0.5) is 0 Å². The molecule has 0 amide bonds. The van der Waals surface area contributed by atoms with Gasteiger partial charge in [0.25, 0.3) is 0 Å². The van der Waals surface area contributed by atoms with E-state index in [4.69, 9.17) is 0 Å². The fourth-order valence-electron chi connectivity index (χ4n) is 1.58. The number of nitrogens with zero attached hydrogens (tertiary/aromatic N) is 2. The summed E-state index contributed by atoms with van der Waals surface area (Å²) in [6.45, 7) is 5.97. The van der Waals surface area contributed by atoms with Gasteiger partial charge < -0.3 is 0 Å². The molecule has 2 aromatic rings. The molecule has 0 unspecified atom stereocenters. The lowest BCUT2D eigenvalue weighted by atomic mass is 10.1. The van der Waals surface area contributed by atoms with Crippen LogP contribution in [0, 0.1) is 0 Å². The second kappa shape index (κ2) is 2.73. The molecule has 0 saturated heterocycles. The van der Waals surface area contributed by atoms with Gasteiger partial charge in [0.2, 0.25) is 0 Å². The number of para-hydroxylation sites is 1. The summed E-state index contributed by atoms with van der Waals surface area (Å²) in [6.07, 6.45) is 1.88. The van der Waals surface area contributed by atoms with Gasteiger partial charge in [-0.2, -0.15) is 5.10 Å². The number of hydrogen-bond donors (Lipinski definition) is 0. The average Bonchev–Trinajstić information content (AvgIpc) is 2.48. The molecule has 0 bridgehead atoms. The van der Waals surface area contributed by atoms with Crippen LogP contribution in [0.3, 0.4) is 0 Å². The van der Waals surface area contributed by atoms with E-state index in [1.54, 1.807) is 0 Å². The van der Waals surface area contributed by atoms with Crippen molar-refractivity contribution >= 4 is 16.5 Å². The summed E-state index contributed by atoms with van der Waals surface area (Å²) < 4.78 is 1.89. The summed E-state index contributed by atoms with van der Waals surface area (Å²) in [5, 5.41) is 5.38. The van der Waals surface area contributed by atoms with Crippen LogP contribution in [0.15, 0.2) is 31.0 Å². The molecular formula is C11H12N2. The first kappa shape index (κ1) is 8.05. The van der Waals surface area contributed by atoms with Gasteiger partial charge in [0, 0.05) is 18.0 Å². The summed E-state index contributed by atoms with van der Waals surface area (Å²) in [4.78, 5) is 0. The van der Waals surface area contributed by atoms with Gasteiger partial charge in [-0.3, -0.25) is 4.68 Å². The molecule has 2 nitrogen and oxygen atoms in total. The number of hydrogen-bond acceptors (Lipinski definition) is 1. The van der Waals surface area contributed by atoms with E-state index >= 15 is 0 Å². The van der Waals surface area contributed by atoms with Crippen LogP contribution in [0.5, 0.6) is 0 Å². The van der Waals surface area contributed by atoms with Gasteiger partial charge in [0.1, 0.15) is 0 Å². The fourth-order valence-corrected chi connectivity index (χ4v) is 1.58. The summed E-state index contributed by atoms with van der Waals surface area (Å²) in [6, 6.07) is 6.18. The van der Waals surface area contributed by atoms with Crippen LogP contribution >= 0.6 is 0 Å². The van der Waals surface area contributed by atoms with Crippen molar-refractivity contribution in [2.45, 2.75) is 6.92 Å². The lowest BCUT2D eigenvalue weighted by molar-refractivity contribution is 0.796. The van der Waals surface area contributed by atoms with Gasteiger partial charge >= 0.3 is 0 Å². The Balaban J connectivity index is 2.88. The monoisotopic (exact) mass is 172 g/mol. The Labute approximate surface area is 77.5 Å². The van der Waals surface area contributed by atoms with Crippen LogP contribution < -0.4 is 0 Å². The second-order valence-electron chi connectivity index (χ2n) is 3.29. The minimum absolute atomic E-state index is 1.08. The lowest BCUT2D eigenvalue weighted by Gasteiger charge is -2.03. The van der Waals surface area contributed by atoms with Crippen LogP contribution in [0.2, 0.25) is 0 Å². The lowest BCUT2D eigenvalue weighted by Crippen LogP contribution is -1.92. The van der Waals surface area contributed by atoms with Crippen molar-refractivity contribution in [2.75, 3.05) is 0 Å². The van der Waals surface area contributed by atoms with Gasteiger partial charge in [-0.15, -0.1) is 0 Å². The highest BCUT2D eigenvalue weighted by Gasteiger charge is 2.04. The summed E-state index contributed by atoms with van der Waals surface area (Å²) in [7, 11) is 1.95. The Morgan fingerprint density at radius 2 is 2.23 bits per heavy atom. The zero-order chi connectivity index (χ0) is 9.42. The molecule has 0 fully saturated rings. The summed E-state index contributed by atoms with van der Waals surface area (Å²) in [5.41, 5.74) is 3.42. The van der Waals surface area contributed by atoms with Gasteiger partial charge in [0.15, 0.2) is 0 Å². The van der Waals surface area contributed by atoms with E-state index < -0.39 is 0 Å². The van der Waals surface area contributed by atoms with Gasteiger partial charge in [0.05, 0.1) is 11.7 Å². The third-order valence-electron chi connectivity index (χ3n) is 2.22. The number of fused-ring (bicyclic) bond motifs is 1. The Hall–Kier alpha value is -1.57. The Morgan fingerprint density at radius 3 is 2.92 bits per heavy atom. The van der Waals surface area contributed by atoms with Gasteiger partial charge in [-0.1, -0.05) is 24.8 Å². The molecule has 13 heavy (non-hydrogen) atoms. The van der Waals surface area contributed by atoms with Crippen LogP contribution in [0.1, 0.15) is 12.5 Å². The van der Waals surface area contributed by atoms with Crippen molar-refractivity contribution in [1.29, 1.82) is 0 Å². The molecule has 0 aliphatic rings. The third-order valence-corrected chi connectivity index (χ3v) is 2.22. The maximum atomic E-state index is 4.21. The summed E-state index contributed by atoms with van der Waals surface area (Å²) in [5.74, 6) is 0. The number of rotatable bonds is 1. The topological polar surface area (TPSA) is 17.8 Å². The van der Waals surface area contributed by atoms with E-state index in [2.05, 4.69) is 23.8 Å². The van der Waals surface area contributed by atoms with Gasteiger partial charge in [-0.25, -0.2) is 0 Å². The number of aryl methyl sites for hydroxylation is 1. The number of aromatic nitrogens is 2. The molecule has 0 aliphatic heterocycles. The molecule has 1 aromatic carbocycles. The van der Waals surface area contributed by atoms with Crippen LogP contribution in [0.25, 0.3) is 16.5 Å². The molecule has 0 radical (unpaired) electrons. The van der Waals surface area contributed by atoms with Crippen molar-refractivity contribution in [2.24, 2.45) is 7.05 Å². The van der Waals surface area contributed by atoms with Crippen molar-refractivity contribution < 1.29 is 0 Å². The van der Waals surface area contributed by atoms with E-state index in [0.717, 1.165) is 11.1 Å². The first-order chi connectivity index (χ1) is 6.20. The van der Waals surface area contributed by atoms with E-state index in [1.807, 2.05) is 30.9 Å². The largest absolute Gasteiger partial charge is 0.267 e. The Morgan fingerprint density at radius 1 is 1.46 bits per heavy atom. The molecule has 2 rings (SSSR count). The van der Waals surface area contributed by atoms with Crippen molar-refractivity contribution in [1.82, 2.24) is 9.78 Å². The molecule has 66 valence electrons. The molecule has 2 heteroatoms. The zero-order valence-corrected chi connectivity index (χ0v) is 7.91. The van der Waals surface area contributed by atoms with Crippen LogP contribution in [-0.4, -0.2) is 9.78 Å². The van der Waals surface area contributed by atoms with E-state index in [0.29, 0.717) is 0 Å². The molecule has 0 saturated carbocycles. The molecule has 1 aromatic heterocycles. The zero-order valence-electron chi connectivity index (χ0n) is 7.91. The molecular weight excluding hydrogens is 160 g/mol. The Bertz CT molecular complexity index is 466. The first-order valence-corrected chi connectivity index (χ1v) is 4.27. The van der Waals surface area contributed by atoms with Crippen molar-refractivity contribution in [3.05, 3.63) is 36.5 Å². The fraction of sp³-hybridized carbons (Fsp3) is 0.182. The second-order valence-corrected chi connectivity index (χ2v) is 3.29. The highest BCUT2D eigenvalue weighted by Crippen LogP contribution is 2.22. The quantitative estimate of drug-likeness (QED) is 0.646. The minimum atomic E-state index is 1.08.